The first-order chi connectivity index (χ1) is 11.8. The predicted octanol–water partition coefficient (Wildman–Crippen LogP) is 4.63. The van der Waals surface area contributed by atoms with E-state index in [1.807, 2.05) is 41.3 Å². The zero-order chi connectivity index (χ0) is 16.4. The van der Waals surface area contributed by atoms with Crippen LogP contribution < -0.4 is 4.74 Å². The minimum absolute atomic E-state index is 0.153. The Labute approximate surface area is 147 Å². The van der Waals surface area contributed by atoms with Crippen molar-refractivity contribution in [3.05, 3.63) is 59.7 Å². The molecule has 0 radical (unpaired) electrons. The first kappa shape index (κ1) is 15.6. The van der Waals surface area contributed by atoms with Crippen molar-refractivity contribution in [3.8, 4) is 11.5 Å². The Hall–Kier alpha value is -1.94. The van der Waals surface area contributed by atoms with E-state index < -0.39 is 0 Å². The topological polar surface area (TPSA) is 29.5 Å². The third kappa shape index (κ3) is 3.03. The molecule has 0 aromatic heterocycles. The molecule has 2 aliphatic rings. The molecule has 2 aromatic rings. The molecule has 4 rings (SSSR count). The number of likely N-dealkylation sites (tertiary alicyclic amines) is 1. The Morgan fingerprint density at radius 3 is 2.17 bits per heavy atom. The van der Waals surface area contributed by atoms with E-state index >= 15 is 0 Å². The van der Waals surface area contributed by atoms with Crippen molar-refractivity contribution in [2.24, 2.45) is 0 Å². The monoisotopic (exact) mass is 339 g/mol. The van der Waals surface area contributed by atoms with Crippen LogP contribution >= 0.6 is 11.8 Å². The second-order valence-corrected chi connectivity index (χ2v) is 7.40. The van der Waals surface area contributed by atoms with Crippen LogP contribution in [0, 0.1) is 0 Å². The van der Waals surface area contributed by atoms with Crippen LogP contribution in [0.5, 0.6) is 11.5 Å². The highest BCUT2D eigenvalue weighted by Gasteiger charge is 2.28. The van der Waals surface area contributed by atoms with E-state index in [1.165, 1.54) is 6.42 Å². The second-order valence-electron chi connectivity index (χ2n) is 6.31. The standard InChI is InChI=1S/C20H21NO2S/c22-19(21-12-6-1-7-13-21)14-24-20-15-8-2-4-10-17(15)23-18-11-5-3-9-16(18)20/h2-5,8-11,20H,1,6-7,12-14H2. The largest absolute Gasteiger partial charge is 0.457 e. The number of thioether (sulfide) groups is 1. The Balaban J connectivity index is 1.55. The van der Waals surface area contributed by atoms with Gasteiger partial charge in [-0.3, -0.25) is 4.79 Å². The molecule has 2 aliphatic heterocycles. The molecule has 124 valence electrons. The Morgan fingerprint density at radius 1 is 0.958 bits per heavy atom. The first-order valence-electron chi connectivity index (χ1n) is 8.58. The van der Waals surface area contributed by atoms with E-state index in [0.717, 1.165) is 48.6 Å². The van der Waals surface area contributed by atoms with Gasteiger partial charge < -0.3 is 9.64 Å². The number of nitrogens with zero attached hydrogens (tertiary/aromatic N) is 1. The Bertz CT molecular complexity index is 694. The van der Waals surface area contributed by atoms with Crippen LogP contribution in [0.2, 0.25) is 0 Å². The molecule has 1 saturated heterocycles. The zero-order valence-electron chi connectivity index (χ0n) is 13.6. The summed E-state index contributed by atoms with van der Waals surface area (Å²) < 4.78 is 6.02. The normalized spacial score (nSPS) is 16.9. The van der Waals surface area contributed by atoms with Gasteiger partial charge in [0.25, 0.3) is 0 Å². The molecule has 1 fully saturated rings. The molecule has 0 unspecified atom stereocenters. The fourth-order valence-electron chi connectivity index (χ4n) is 3.43. The quantitative estimate of drug-likeness (QED) is 0.817. The average Bonchev–Trinajstić information content (AvgIpc) is 2.65. The highest BCUT2D eigenvalue weighted by molar-refractivity contribution is 8.00. The van der Waals surface area contributed by atoms with E-state index in [1.54, 1.807) is 11.8 Å². The van der Waals surface area contributed by atoms with Crippen LogP contribution in [0.25, 0.3) is 0 Å². The van der Waals surface area contributed by atoms with E-state index in [2.05, 4.69) is 12.1 Å². The highest BCUT2D eigenvalue weighted by atomic mass is 32.2. The Kier molecular flexibility index (Phi) is 4.48. The van der Waals surface area contributed by atoms with E-state index in [4.69, 9.17) is 4.74 Å². The molecule has 4 heteroatoms. The lowest BCUT2D eigenvalue weighted by Gasteiger charge is -2.30. The summed E-state index contributed by atoms with van der Waals surface area (Å²) in [5.41, 5.74) is 2.32. The van der Waals surface area contributed by atoms with Gasteiger partial charge in [0.05, 0.1) is 11.0 Å². The lowest BCUT2D eigenvalue weighted by atomic mass is 10.00. The van der Waals surface area contributed by atoms with E-state index in [-0.39, 0.29) is 11.2 Å². The Morgan fingerprint density at radius 2 is 1.54 bits per heavy atom. The highest BCUT2D eigenvalue weighted by Crippen LogP contribution is 2.49. The molecule has 0 atom stereocenters. The molecular formula is C20H21NO2S. The summed E-state index contributed by atoms with van der Waals surface area (Å²) in [6.07, 6.45) is 3.52. The van der Waals surface area contributed by atoms with Crippen LogP contribution in [0.4, 0.5) is 0 Å². The van der Waals surface area contributed by atoms with Crippen LogP contribution in [-0.4, -0.2) is 29.6 Å². The average molecular weight is 339 g/mol. The van der Waals surface area contributed by atoms with Crippen molar-refractivity contribution in [1.82, 2.24) is 4.90 Å². The summed E-state index contributed by atoms with van der Waals surface area (Å²) in [5, 5.41) is 0.153. The fourth-order valence-corrected chi connectivity index (χ4v) is 4.68. The maximum absolute atomic E-state index is 12.5. The molecule has 2 aromatic carbocycles. The van der Waals surface area contributed by atoms with Gasteiger partial charge in [-0.25, -0.2) is 0 Å². The number of para-hydroxylation sites is 2. The van der Waals surface area contributed by atoms with Crippen molar-refractivity contribution in [2.45, 2.75) is 24.5 Å². The van der Waals surface area contributed by atoms with E-state index in [9.17, 15) is 4.79 Å². The van der Waals surface area contributed by atoms with Crippen molar-refractivity contribution in [1.29, 1.82) is 0 Å². The maximum Gasteiger partial charge on any atom is 0.232 e. The molecule has 3 nitrogen and oxygen atoms in total. The lowest BCUT2D eigenvalue weighted by Crippen LogP contribution is -2.36. The van der Waals surface area contributed by atoms with Gasteiger partial charge in [-0.15, -0.1) is 11.8 Å². The number of ether oxygens (including phenoxy) is 1. The number of rotatable bonds is 3. The predicted molar refractivity (Wildman–Crippen MR) is 97.7 cm³/mol. The van der Waals surface area contributed by atoms with Crippen molar-refractivity contribution in [2.75, 3.05) is 18.8 Å². The first-order valence-corrected chi connectivity index (χ1v) is 9.63. The summed E-state index contributed by atoms with van der Waals surface area (Å²) in [5.74, 6) is 2.59. The number of amides is 1. The summed E-state index contributed by atoms with van der Waals surface area (Å²) >= 11 is 1.71. The fraction of sp³-hybridized carbons (Fsp3) is 0.350. The van der Waals surface area contributed by atoms with Crippen molar-refractivity contribution in [3.63, 3.8) is 0 Å². The third-order valence-corrected chi connectivity index (χ3v) is 5.96. The van der Waals surface area contributed by atoms with Gasteiger partial charge in [0, 0.05) is 24.2 Å². The van der Waals surface area contributed by atoms with Gasteiger partial charge in [-0.2, -0.15) is 0 Å². The minimum Gasteiger partial charge on any atom is -0.457 e. The van der Waals surface area contributed by atoms with Gasteiger partial charge in [0.2, 0.25) is 5.91 Å². The second kappa shape index (κ2) is 6.89. The number of hydrogen-bond acceptors (Lipinski definition) is 3. The molecule has 0 spiro atoms. The number of carbonyl (C=O) groups is 1. The van der Waals surface area contributed by atoms with Crippen LogP contribution in [0.15, 0.2) is 48.5 Å². The smallest absolute Gasteiger partial charge is 0.232 e. The summed E-state index contributed by atoms with van der Waals surface area (Å²) in [7, 11) is 0. The van der Waals surface area contributed by atoms with Gasteiger partial charge in [-0.1, -0.05) is 36.4 Å². The number of carbonyl (C=O) groups excluding carboxylic acids is 1. The minimum atomic E-state index is 0.153. The third-order valence-electron chi connectivity index (χ3n) is 4.71. The van der Waals surface area contributed by atoms with Crippen LogP contribution in [0.1, 0.15) is 35.6 Å². The number of hydrogen-bond donors (Lipinski definition) is 0. The number of benzene rings is 2. The molecule has 0 bridgehead atoms. The summed E-state index contributed by atoms with van der Waals surface area (Å²) in [6.45, 7) is 1.83. The van der Waals surface area contributed by atoms with E-state index in [0.29, 0.717) is 5.75 Å². The summed E-state index contributed by atoms with van der Waals surface area (Å²) in [6, 6.07) is 16.3. The molecule has 0 saturated carbocycles. The van der Waals surface area contributed by atoms with Gasteiger partial charge in [-0.05, 0) is 31.4 Å². The number of piperidine rings is 1. The van der Waals surface area contributed by atoms with Crippen LogP contribution in [0.3, 0.4) is 0 Å². The van der Waals surface area contributed by atoms with Crippen molar-refractivity contribution < 1.29 is 9.53 Å². The van der Waals surface area contributed by atoms with Crippen molar-refractivity contribution >= 4 is 17.7 Å². The molecule has 0 aliphatic carbocycles. The van der Waals surface area contributed by atoms with Gasteiger partial charge in [0.15, 0.2) is 0 Å². The molecule has 1 amide bonds. The molecule has 0 N–H and O–H groups in total. The number of fused-ring (bicyclic) bond motifs is 2. The maximum atomic E-state index is 12.5. The van der Waals surface area contributed by atoms with Gasteiger partial charge >= 0.3 is 0 Å². The summed E-state index contributed by atoms with van der Waals surface area (Å²) in [4.78, 5) is 14.6. The SMILES string of the molecule is O=C(CSC1c2ccccc2Oc2ccccc21)N1CCCCC1. The van der Waals surface area contributed by atoms with Crippen LogP contribution in [-0.2, 0) is 4.79 Å². The lowest BCUT2D eigenvalue weighted by molar-refractivity contribution is -0.129. The molecular weight excluding hydrogens is 318 g/mol. The zero-order valence-corrected chi connectivity index (χ0v) is 14.4. The molecule has 2 heterocycles. The van der Waals surface area contributed by atoms with Gasteiger partial charge in [0.1, 0.15) is 11.5 Å². The molecule has 24 heavy (non-hydrogen) atoms.